The summed E-state index contributed by atoms with van der Waals surface area (Å²) in [6.07, 6.45) is 3.65. The molecule has 4 heterocycles. The van der Waals surface area contributed by atoms with Crippen LogP contribution in [-0.2, 0) is 6.54 Å². The average molecular weight is 395 g/mol. The molecule has 1 saturated heterocycles. The first-order valence-corrected chi connectivity index (χ1v) is 10.3. The number of H-pyrrole nitrogens is 1. The van der Waals surface area contributed by atoms with E-state index in [4.69, 9.17) is 4.42 Å². The molecule has 2 N–H and O–H groups in total. The SMILES string of the molecule is Cc1cc(C(=O)[C@H](C)[NH+]2CCN(c3cccc[nH+]3)CC2)c(C)n1Cc1ccco1. The summed E-state index contributed by atoms with van der Waals surface area (Å²) in [6, 6.07) is 12.0. The Bertz CT molecular complexity index is 954. The minimum Gasteiger partial charge on any atom is -0.467 e. The van der Waals surface area contributed by atoms with Crippen molar-refractivity contribution in [2.45, 2.75) is 33.4 Å². The first kappa shape index (κ1) is 19.5. The highest BCUT2D eigenvalue weighted by atomic mass is 16.3. The van der Waals surface area contributed by atoms with E-state index in [1.54, 1.807) is 6.26 Å². The number of piperazine rings is 1. The van der Waals surface area contributed by atoms with Crippen LogP contribution in [0.5, 0.6) is 0 Å². The zero-order valence-electron chi connectivity index (χ0n) is 17.4. The van der Waals surface area contributed by atoms with Crippen molar-refractivity contribution in [3.05, 3.63) is 71.6 Å². The van der Waals surface area contributed by atoms with Crippen LogP contribution in [0.15, 0.2) is 53.3 Å². The fraction of sp³-hybridized carbons (Fsp3) is 0.391. The Morgan fingerprint density at radius 1 is 1.21 bits per heavy atom. The second kappa shape index (κ2) is 8.25. The molecule has 1 fully saturated rings. The number of aromatic nitrogens is 2. The number of furan rings is 1. The molecule has 0 saturated carbocycles. The molecule has 4 rings (SSSR count). The first-order chi connectivity index (χ1) is 14.0. The molecule has 0 radical (unpaired) electrons. The molecule has 0 aliphatic carbocycles. The van der Waals surface area contributed by atoms with Crippen LogP contribution in [0.1, 0.15) is 34.4 Å². The molecular weight excluding hydrogens is 364 g/mol. The number of quaternary nitrogens is 1. The zero-order valence-corrected chi connectivity index (χ0v) is 17.4. The van der Waals surface area contributed by atoms with Gasteiger partial charge < -0.3 is 13.9 Å². The number of hydrogen-bond acceptors (Lipinski definition) is 3. The summed E-state index contributed by atoms with van der Waals surface area (Å²) in [5.74, 6) is 2.28. The molecule has 6 heteroatoms. The molecule has 0 bridgehead atoms. The lowest BCUT2D eigenvalue weighted by atomic mass is 10.0. The van der Waals surface area contributed by atoms with Gasteiger partial charge in [-0.1, -0.05) is 6.07 Å². The molecule has 1 aliphatic rings. The molecule has 0 unspecified atom stereocenters. The third kappa shape index (κ3) is 3.98. The second-order valence-corrected chi connectivity index (χ2v) is 7.93. The zero-order chi connectivity index (χ0) is 20.4. The first-order valence-electron chi connectivity index (χ1n) is 10.3. The summed E-state index contributed by atoms with van der Waals surface area (Å²) in [5.41, 5.74) is 2.95. The van der Waals surface area contributed by atoms with Gasteiger partial charge in [-0.05, 0) is 45.0 Å². The van der Waals surface area contributed by atoms with Gasteiger partial charge in [0.05, 0.1) is 19.0 Å². The van der Waals surface area contributed by atoms with Gasteiger partial charge in [-0.2, -0.15) is 0 Å². The normalized spacial score (nSPS) is 16.2. The Morgan fingerprint density at radius 3 is 2.66 bits per heavy atom. The van der Waals surface area contributed by atoms with Crippen LogP contribution >= 0.6 is 0 Å². The van der Waals surface area contributed by atoms with Gasteiger partial charge in [0, 0.05) is 23.0 Å². The van der Waals surface area contributed by atoms with E-state index in [1.165, 1.54) is 4.90 Å². The number of aryl methyl sites for hydroxylation is 1. The molecule has 29 heavy (non-hydrogen) atoms. The van der Waals surface area contributed by atoms with Crippen LogP contribution in [-0.4, -0.2) is 42.6 Å². The number of pyridine rings is 1. The lowest BCUT2D eigenvalue weighted by Gasteiger charge is -2.31. The maximum absolute atomic E-state index is 13.3. The number of carbonyl (C=O) groups is 1. The summed E-state index contributed by atoms with van der Waals surface area (Å²) in [5, 5.41) is 0. The molecule has 0 amide bonds. The third-order valence-electron chi connectivity index (χ3n) is 6.18. The molecule has 152 valence electrons. The number of carbonyl (C=O) groups excluding carboxylic acids is 1. The van der Waals surface area contributed by atoms with Gasteiger partial charge in [-0.3, -0.25) is 9.69 Å². The predicted octanol–water partition coefficient (Wildman–Crippen LogP) is 1.54. The van der Waals surface area contributed by atoms with Gasteiger partial charge in [-0.25, -0.2) is 4.98 Å². The van der Waals surface area contributed by atoms with E-state index in [-0.39, 0.29) is 11.8 Å². The van der Waals surface area contributed by atoms with Crippen LogP contribution in [0.4, 0.5) is 5.82 Å². The van der Waals surface area contributed by atoms with E-state index >= 15 is 0 Å². The van der Waals surface area contributed by atoms with Crippen molar-refractivity contribution >= 4 is 11.6 Å². The highest BCUT2D eigenvalue weighted by Gasteiger charge is 2.34. The number of nitrogens with zero attached hydrogens (tertiary/aromatic N) is 2. The number of Topliss-reactive ketones (excluding diaryl/α,β-unsaturated/α-hetero) is 1. The Morgan fingerprint density at radius 2 is 2.00 bits per heavy atom. The van der Waals surface area contributed by atoms with Gasteiger partial charge in [0.2, 0.25) is 5.78 Å². The second-order valence-electron chi connectivity index (χ2n) is 7.93. The van der Waals surface area contributed by atoms with Gasteiger partial charge in [0.25, 0.3) is 5.82 Å². The highest BCUT2D eigenvalue weighted by molar-refractivity contribution is 6.00. The molecule has 1 aliphatic heterocycles. The van der Waals surface area contributed by atoms with E-state index in [9.17, 15) is 4.79 Å². The van der Waals surface area contributed by atoms with Crippen LogP contribution in [0, 0.1) is 13.8 Å². The van der Waals surface area contributed by atoms with Crippen LogP contribution in [0.3, 0.4) is 0 Å². The molecule has 3 aromatic rings. The maximum atomic E-state index is 13.3. The van der Waals surface area contributed by atoms with E-state index in [0.29, 0.717) is 6.54 Å². The Kier molecular flexibility index (Phi) is 5.53. The highest BCUT2D eigenvalue weighted by Crippen LogP contribution is 2.19. The van der Waals surface area contributed by atoms with Gasteiger partial charge >= 0.3 is 0 Å². The van der Waals surface area contributed by atoms with Crippen molar-refractivity contribution in [3.8, 4) is 0 Å². The van der Waals surface area contributed by atoms with Crippen molar-refractivity contribution in [1.29, 1.82) is 0 Å². The van der Waals surface area contributed by atoms with Crippen LogP contribution < -0.4 is 14.8 Å². The van der Waals surface area contributed by atoms with Crippen LogP contribution in [0.25, 0.3) is 0 Å². The van der Waals surface area contributed by atoms with Crippen molar-refractivity contribution in [3.63, 3.8) is 0 Å². The monoisotopic (exact) mass is 394 g/mol. The maximum Gasteiger partial charge on any atom is 0.274 e. The van der Waals surface area contributed by atoms with Crippen molar-refractivity contribution < 1.29 is 19.1 Å². The van der Waals surface area contributed by atoms with E-state index in [2.05, 4.69) is 40.4 Å². The fourth-order valence-electron chi connectivity index (χ4n) is 4.32. The van der Waals surface area contributed by atoms with Crippen LogP contribution in [0.2, 0.25) is 0 Å². The largest absolute Gasteiger partial charge is 0.467 e. The smallest absolute Gasteiger partial charge is 0.274 e. The van der Waals surface area contributed by atoms with E-state index in [0.717, 1.165) is 54.7 Å². The van der Waals surface area contributed by atoms with E-state index in [1.807, 2.05) is 37.4 Å². The molecular formula is C23H30N4O2+2. The number of hydrogen-bond donors (Lipinski definition) is 1. The fourth-order valence-corrected chi connectivity index (χ4v) is 4.32. The van der Waals surface area contributed by atoms with Crippen molar-refractivity contribution in [2.75, 3.05) is 31.1 Å². The average Bonchev–Trinajstić information content (AvgIpc) is 3.37. The standard InChI is InChI=1S/C23H28N4O2/c1-17-15-21(18(2)27(17)16-20-7-6-14-29-20)23(28)19(3)25-10-12-26(13-11-25)22-8-4-5-9-24-22/h4-9,14-15,19H,10-13,16H2,1-3H3/p+2/t19-/m0/s1. The third-order valence-corrected chi connectivity index (χ3v) is 6.18. The quantitative estimate of drug-likeness (QED) is 0.645. The Labute approximate surface area is 171 Å². The summed E-state index contributed by atoms with van der Waals surface area (Å²) in [7, 11) is 0. The Hall–Kier alpha value is -2.86. The minimum absolute atomic E-state index is 0.0468. The molecule has 6 nitrogen and oxygen atoms in total. The van der Waals surface area contributed by atoms with Crippen molar-refractivity contribution in [1.82, 2.24) is 4.57 Å². The number of rotatable bonds is 6. The topological polar surface area (TPSA) is 57.0 Å². The number of nitrogens with one attached hydrogen (secondary N) is 2. The number of aromatic amines is 1. The van der Waals surface area contributed by atoms with Gasteiger partial charge in [0.15, 0.2) is 0 Å². The lowest BCUT2D eigenvalue weighted by molar-refractivity contribution is -0.914. The molecule has 0 spiro atoms. The summed E-state index contributed by atoms with van der Waals surface area (Å²) >= 11 is 0. The summed E-state index contributed by atoms with van der Waals surface area (Å²) < 4.78 is 7.65. The molecule has 0 aromatic carbocycles. The lowest BCUT2D eigenvalue weighted by Crippen LogP contribution is -3.18. The molecule has 3 aromatic heterocycles. The molecule has 1 atom stereocenters. The predicted molar refractivity (Wildman–Crippen MR) is 111 cm³/mol. The van der Waals surface area contributed by atoms with Crippen molar-refractivity contribution in [2.24, 2.45) is 0 Å². The minimum atomic E-state index is -0.0468. The Balaban J connectivity index is 1.43. The summed E-state index contributed by atoms with van der Waals surface area (Å²) in [6.45, 7) is 10.6. The van der Waals surface area contributed by atoms with E-state index < -0.39 is 0 Å². The van der Waals surface area contributed by atoms with Gasteiger partial charge in [0.1, 0.15) is 38.0 Å². The summed E-state index contributed by atoms with van der Waals surface area (Å²) in [4.78, 5) is 20.3. The number of anilines is 1. The van der Waals surface area contributed by atoms with Gasteiger partial charge in [-0.15, -0.1) is 0 Å². The number of ketones is 1.